The molecule has 0 spiro atoms. The normalized spacial score (nSPS) is 17.0. The van der Waals surface area contributed by atoms with Crippen LogP contribution in [0.1, 0.15) is 28.9 Å². The van der Waals surface area contributed by atoms with E-state index in [1.54, 1.807) is 19.0 Å². The van der Waals surface area contributed by atoms with Crippen molar-refractivity contribution in [3.8, 4) is 0 Å². The first kappa shape index (κ1) is 24.1. The summed E-state index contributed by atoms with van der Waals surface area (Å²) < 4.78 is 5.80. The highest BCUT2D eigenvalue weighted by Gasteiger charge is 2.25. The van der Waals surface area contributed by atoms with Gasteiger partial charge in [0.2, 0.25) is 0 Å². The number of benzene rings is 3. The molecular weight excluding hydrogens is 422 g/mol. The highest BCUT2D eigenvalue weighted by molar-refractivity contribution is 5.94. The summed E-state index contributed by atoms with van der Waals surface area (Å²) >= 11 is 0. The number of hydrogen-bond acceptors (Lipinski definition) is 4. The molecule has 4 rings (SSSR count). The Labute approximate surface area is 196 Å². The van der Waals surface area contributed by atoms with E-state index in [2.05, 4.69) is 65.7 Å². The zero-order chi connectivity index (χ0) is 21.8. The number of amides is 1. The van der Waals surface area contributed by atoms with Gasteiger partial charge < -0.3 is 19.9 Å². The number of hydrogen-bond donors (Lipinski definition) is 1. The van der Waals surface area contributed by atoms with Gasteiger partial charge in [-0.05, 0) is 41.5 Å². The molecule has 2 atom stereocenters. The summed E-state index contributed by atoms with van der Waals surface area (Å²) in [7, 11) is 3.57. The minimum atomic E-state index is 0. The van der Waals surface area contributed by atoms with Crippen molar-refractivity contribution in [1.82, 2.24) is 10.2 Å². The summed E-state index contributed by atoms with van der Waals surface area (Å²) in [6, 6.07) is 23.3. The molecule has 3 aromatic rings. The summed E-state index contributed by atoms with van der Waals surface area (Å²) in [4.78, 5) is 16.4. The predicted molar refractivity (Wildman–Crippen MR) is 134 cm³/mol. The van der Waals surface area contributed by atoms with E-state index >= 15 is 0 Å². The van der Waals surface area contributed by atoms with Crippen molar-refractivity contribution in [1.29, 1.82) is 0 Å². The second kappa shape index (κ2) is 10.8. The summed E-state index contributed by atoms with van der Waals surface area (Å²) in [6.07, 6.45) is 0. The van der Waals surface area contributed by atoms with Crippen LogP contribution >= 0.6 is 12.4 Å². The summed E-state index contributed by atoms with van der Waals surface area (Å²) in [6.45, 7) is 5.19. The van der Waals surface area contributed by atoms with E-state index in [0.717, 1.165) is 18.8 Å². The van der Waals surface area contributed by atoms with Gasteiger partial charge in [-0.1, -0.05) is 48.5 Å². The minimum absolute atomic E-state index is 0. The number of carbonyl (C=O) groups excluding carboxylic acids is 1. The van der Waals surface area contributed by atoms with Crippen LogP contribution in [0.4, 0.5) is 5.69 Å². The second-order valence-corrected chi connectivity index (χ2v) is 8.37. The molecule has 1 saturated heterocycles. The number of nitrogens with zero attached hydrogens (tertiary/aromatic N) is 2. The van der Waals surface area contributed by atoms with E-state index < -0.39 is 0 Å². The Kier molecular flexibility index (Phi) is 8.13. The van der Waals surface area contributed by atoms with Gasteiger partial charge in [-0.3, -0.25) is 4.79 Å². The molecule has 0 aliphatic carbocycles. The number of carbonyl (C=O) groups is 1. The van der Waals surface area contributed by atoms with Crippen molar-refractivity contribution in [3.05, 3.63) is 77.9 Å². The molecule has 1 fully saturated rings. The Hall–Kier alpha value is -2.60. The van der Waals surface area contributed by atoms with E-state index in [1.807, 2.05) is 18.2 Å². The Morgan fingerprint density at radius 1 is 1.12 bits per heavy atom. The molecule has 3 aromatic carbocycles. The second-order valence-electron chi connectivity index (χ2n) is 8.37. The van der Waals surface area contributed by atoms with Crippen LogP contribution in [0, 0.1) is 0 Å². The molecule has 1 aliphatic heterocycles. The van der Waals surface area contributed by atoms with Gasteiger partial charge in [0.1, 0.15) is 0 Å². The zero-order valence-corrected chi connectivity index (χ0v) is 19.8. The first-order valence-corrected chi connectivity index (χ1v) is 10.9. The number of morpholine rings is 1. The molecule has 0 radical (unpaired) electrons. The van der Waals surface area contributed by atoms with Crippen LogP contribution in [0.25, 0.3) is 10.8 Å². The molecular formula is C26H32ClN3O2. The molecule has 1 N–H and O–H groups in total. The Morgan fingerprint density at radius 3 is 2.69 bits per heavy atom. The van der Waals surface area contributed by atoms with E-state index in [-0.39, 0.29) is 30.4 Å². The Bertz CT molecular complexity index is 1050. The molecule has 170 valence electrons. The van der Waals surface area contributed by atoms with Gasteiger partial charge in [0.25, 0.3) is 5.91 Å². The predicted octanol–water partition coefficient (Wildman–Crippen LogP) is 4.52. The molecule has 1 amide bonds. The van der Waals surface area contributed by atoms with Crippen molar-refractivity contribution in [2.24, 2.45) is 0 Å². The van der Waals surface area contributed by atoms with Gasteiger partial charge in [0.05, 0.1) is 19.3 Å². The Balaban J connectivity index is 0.00000289. The smallest absolute Gasteiger partial charge is 0.253 e. The van der Waals surface area contributed by atoms with Crippen LogP contribution in [-0.2, 0) is 4.74 Å². The number of fused-ring (bicyclic) bond motifs is 1. The number of rotatable bonds is 6. The molecule has 5 nitrogen and oxygen atoms in total. The van der Waals surface area contributed by atoms with Gasteiger partial charge in [-0.25, -0.2) is 0 Å². The monoisotopic (exact) mass is 453 g/mol. The third-order valence-corrected chi connectivity index (χ3v) is 6.01. The molecule has 1 heterocycles. The fourth-order valence-corrected chi connectivity index (χ4v) is 4.29. The van der Waals surface area contributed by atoms with Gasteiger partial charge >= 0.3 is 0 Å². The van der Waals surface area contributed by atoms with Crippen LogP contribution in [0.5, 0.6) is 0 Å². The first-order chi connectivity index (χ1) is 15.0. The molecule has 0 saturated carbocycles. The lowest BCUT2D eigenvalue weighted by atomic mass is 9.99. The van der Waals surface area contributed by atoms with E-state index in [1.165, 1.54) is 16.3 Å². The SMILES string of the molecule is C[C@@H](NCC1COCCN1c1cccc(C(=O)N(C)C)c1)c1cccc2ccccc12.Cl. The topological polar surface area (TPSA) is 44.8 Å². The van der Waals surface area contributed by atoms with Crippen LogP contribution in [-0.4, -0.2) is 57.2 Å². The van der Waals surface area contributed by atoms with Crippen molar-refractivity contribution < 1.29 is 9.53 Å². The molecule has 0 aromatic heterocycles. The number of halogens is 1. The zero-order valence-electron chi connectivity index (χ0n) is 19.0. The quantitative estimate of drug-likeness (QED) is 0.596. The first-order valence-electron chi connectivity index (χ1n) is 10.9. The average Bonchev–Trinajstić information content (AvgIpc) is 2.82. The highest BCUT2D eigenvalue weighted by atomic mass is 35.5. The van der Waals surface area contributed by atoms with Crippen molar-refractivity contribution in [2.45, 2.75) is 19.0 Å². The van der Waals surface area contributed by atoms with Gasteiger partial charge in [-0.2, -0.15) is 0 Å². The van der Waals surface area contributed by atoms with Crippen LogP contribution in [0.2, 0.25) is 0 Å². The number of nitrogens with one attached hydrogen (secondary N) is 1. The lowest BCUT2D eigenvalue weighted by Crippen LogP contribution is -2.51. The summed E-state index contributed by atoms with van der Waals surface area (Å²) in [5.74, 6) is 0.0226. The number of anilines is 1. The standard InChI is InChI=1S/C26H31N3O2.ClH/c1-19(24-13-7-9-20-8-4-5-12-25(20)24)27-17-23-18-31-15-14-29(23)22-11-6-10-21(16-22)26(30)28(2)3;/h4-13,16,19,23,27H,14-15,17-18H2,1-3H3;1H/t19-,23?;/m1./s1. The average molecular weight is 454 g/mol. The van der Waals surface area contributed by atoms with Gasteiger partial charge in [-0.15, -0.1) is 12.4 Å². The fourth-order valence-electron chi connectivity index (χ4n) is 4.29. The van der Waals surface area contributed by atoms with Crippen LogP contribution in [0.3, 0.4) is 0 Å². The molecule has 1 unspecified atom stereocenters. The van der Waals surface area contributed by atoms with Gasteiger partial charge in [0.15, 0.2) is 0 Å². The van der Waals surface area contributed by atoms with E-state index in [9.17, 15) is 4.79 Å². The molecule has 0 bridgehead atoms. The van der Waals surface area contributed by atoms with E-state index in [4.69, 9.17) is 4.74 Å². The van der Waals surface area contributed by atoms with Crippen molar-refractivity contribution in [2.75, 3.05) is 45.3 Å². The maximum atomic E-state index is 12.4. The van der Waals surface area contributed by atoms with Gasteiger partial charge in [0, 0.05) is 44.5 Å². The lowest BCUT2D eigenvalue weighted by Gasteiger charge is -2.38. The summed E-state index contributed by atoms with van der Waals surface area (Å²) in [5, 5.41) is 6.27. The fraction of sp³-hybridized carbons (Fsp3) is 0.346. The maximum Gasteiger partial charge on any atom is 0.253 e. The number of ether oxygens (including phenoxy) is 1. The molecule has 32 heavy (non-hydrogen) atoms. The van der Waals surface area contributed by atoms with Crippen molar-refractivity contribution >= 4 is 34.8 Å². The lowest BCUT2D eigenvalue weighted by molar-refractivity contribution is 0.0827. The van der Waals surface area contributed by atoms with Crippen molar-refractivity contribution in [3.63, 3.8) is 0 Å². The highest BCUT2D eigenvalue weighted by Crippen LogP contribution is 2.25. The third-order valence-electron chi connectivity index (χ3n) is 6.01. The molecule has 6 heteroatoms. The van der Waals surface area contributed by atoms with E-state index in [0.29, 0.717) is 18.8 Å². The summed E-state index contributed by atoms with van der Waals surface area (Å²) in [5.41, 5.74) is 3.09. The minimum Gasteiger partial charge on any atom is -0.377 e. The largest absolute Gasteiger partial charge is 0.377 e. The molecule has 1 aliphatic rings. The Morgan fingerprint density at radius 2 is 1.88 bits per heavy atom. The van der Waals surface area contributed by atoms with Crippen LogP contribution in [0.15, 0.2) is 66.7 Å². The van der Waals surface area contributed by atoms with Crippen LogP contribution < -0.4 is 10.2 Å². The third kappa shape index (κ3) is 5.23. The maximum absolute atomic E-state index is 12.4.